The van der Waals surface area contributed by atoms with E-state index in [1.54, 1.807) is 12.1 Å². The largest absolute Gasteiger partial charge is 0.449 e. The van der Waals surface area contributed by atoms with Gasteiger partial charge in [-0.25, -0.2) is 4.79 Å². The topological polar surface area (TPSA) is 74.3 Å². The van der Waals surface area contributed by atoms with Crippen LogP contribution in [0.2, 0.25) is 0 Å². The molecule has 0 radical (unpaired) electrons. The summed E-state index contributed by atoms with van der Waals surface area (Å²) in [5.74, 6) is -1.23. The summed E-state index contributed by atoms with van der Waals surface area (Å²) in [6.07, 6.45) is -0.939. The van der Waals surface area contributed by atoms with Gasteiger partial charge >= 0.3 is 5.97 Å². The minimum Gasteiger partial charge on any atom is -0.449 e. The Morgan fingerprint density at radius 1 is 1.05 bits per heavy atom. The first-order valence-electron chi connectivity index (χ1n) is 6.66. The summed E-state index contributed by atoms with van der Waals surface area (Å²) in [6.45, 7) is 5.48. The number of aromatic nitrogens is 1. The van der Waals surface area contributed by atoms with Crippen LogP contribution in [-0.2, 0) is 9.53 Å². The molecule has 0 saturated carbocycles. The van der Waals surface area contributed by atoms with E-state index in [1.165, 1.54) is 6.92 Å². The molecule has 2 rings (SSSR count). The number of benzene rings is 1. The third kappa shape index (κ3) is 3.13. The van der Waals surface area contributed by atoms with Crippen LogP contribution in [0.3, 0.4) is 0 Å². The van der Waals surface area contributed by atoms with Gasteiger partial charge in [0.1, 0.15) is 0 Å². The standard InChI is InChI=1S/C16H18N2O3/c1-10-4-5-11(2)18(10)14-8-6-13(7-9-14)16(20)21-12(3)15(17)19/h4-9,12H,1-3H3,(H2,17,19)/t12-/m1/s1. The van der Waals surface area contributed by atoms with Crippen LogP contribution >= 0.6 is 0 Å². The Morgan fingerprint density at radius 3 is 2.05 bits per heavy atom. The quantitative estimate of drug-likeness (QED) is 0.875. The fourth-order valence-electron chi connectivity index (χ4n) is 2.11. The van der Waals surface area contributed by atoms with E-state index < -0.39 is 18.0 Å². The molecule has 0 aliphatic rings. The molecule has 110 valence electrons. The fraction of sp³-hybridized carbons (Fsp3) is 0.250. The Morgan fingerprint density at radius 2 is 1.57 bits per heavy atom. The van der Waals surface area contributed by atoms with E-state index in [1.807, 2.05) is 38.1 Å². The van der Waals surface area contributed by atoms with E-state index in [4.69, 9.17) is 10.5 Å². The highest BCUT2D eigenvalue weighted by Gasteiger charge is 2.16. The summed E-state index contributed by atoms with van der Waals surface area (Å²) in [7, 11) is 0. The van der Waals surface area contributed by atoms with Crippen LogP contribution in [-0.4, -0.2) is 22.5 Å². The van der Waals surface area contributed by atoms with Crippen LogP contribution in [0, 0.1) is 13.8 Å². The van der Waals surface area contributed by atoms with Crippen molar-refractivity contribution in [3.8, 4) is 5.69 Å². The van der Waals surface area contributed by atoms with Gasteiger partial charge in [0.05, 0.1) is 5.56 Å². The molecule has 0 bridgehead atoms. The van der Waals surface area contributed by atoms with Crippen LogP contribution < -0.4 is 5.73 Å². The molecule has 0 aliphatic carbocycles. The van der Waals surface area contributed by atoms with Crippen molar-refractivity contribution in [3.63, 3.8) is 0 Å². The van der Waals surface area contributed by atoms with E-state index in [-0.39, 0.29) is 0 Å². The first-order valence-corrected chi connectivity index (χ1v) is 6.66. The summed E-state index contributed by atoms with van der Waals surface area (Å²) in [5, 5.41) is 0. The van der Waals surface area contributed by atoms with Gasteiger partial charge in [-0.05, 0) is 57.2 Å². The lowest BCUT2D eigenvalue weighted by molar-refractivity contribution is -0.125. The van der Waals surface area contributed by atoms with E-state index in [2.05, 4.69) is 4.57 Å². The van der Waals surface area contributed by atoms with Gasteiger partial charge in [-0.2, -0.15) is 0 Å². The Labute approximate surface area is 123 Å². The van der Waals surface area contributed by atoms with Crippen LogP contribution in [0.15, 0.2) is 36.4 Å². The van der Waals surface area contributed by atoms with Gasteiger partial charge in [-0.1, -0.05) is 0 Å². The van der Waals surface area contributed by atoms with Crippen molar-refractivity contribution in [1.29, 1.82) is 0 Å². The Bertz CT molecular complexity index is 652. The predicted molar refractivity (Wildman–Crippen MR) is 79.3 cm³/mol. The first-order chi connectivity index (χ1) is 9.90. The molecule has 1 amide bonds. The predicted octanol–water partition coefficient (Wildman–Crippen LogP) is 2.12. The summed E-state index contributed by atoms with van der Waals surface area (Å²) in [5.41, 5.74) is 8.65. The number of aryl methyl sites for hydroxylation is 2. The van der Waals surface area contributed by atoms with Crippen LogP contribution in [0.5, 0.6) is 0 Å². The van der Waals surface area contributed by atoms with Crippen molar-refractivity contribution in [2.24, 2.45) is 5.73 Å². The zero-order valence-electron chi connectivity index (χ0n) is 12.3. The third-order valence-corrected chi connectivity index (χ3v) is 3.32. The molecular formula is C16H18N2O3. The molecule has 0 aliphatic heterocycles. The first kappa shape index (κ1) is 14.8. The van der Waals surface area contributed by atoms with Crippen molar-refractivity contribution >= 4 is 11.9 Å². The number of carbonyl (C=O) groups is 2. The normalized spacial score (nSPS) is 12.0. The van der Waals surface area contributed by atoms with E-state index in [0.717, 1.165) is 17.1 Å². The van der Waals surface area contributed by atoms with Gasteiger partial charge in [0.25, 0.3) is 5.91 Å². The Hall–Kier alpha value is -2.56. The lowest BCUT2D eigenvalue weighted by Crippen LogP contribution is -2.30. The van der Waals surface area contributed by atoms with Crippen LogP contribution in [0.25, 0.3) is 5.69 Å². The molecule has 1 aromatic heterocycles. The van der Waals surface area contributed by atoms with Crippen molar-refractivity contribution < 1.29 is 14.3 Å². The summed E-state index contributed by atoms with van der Waals surface area (Å²) in [4.78, 5) is 22.7. The second-order valence-electron chi connectivity index (χ2n) is 4.95. The minimum absolute atomic E-state index is 0.384. The SMILES string of the molecule is Cc1ccc(C)n1-c1ccc(C(=O)O[C@H](C)C(N)=O)cc1. The van der Waals surface area contributed by atoms with Crippen molar-refractivity contribution in [2.45, 2.75) is 26.9 Å². The zero-order chi connectivity index (χ0) is 15.6. The molecule has 21 heavy (non-hydrogen) atoms. The van der Waals surface area contributed by atoms with E-state index in [0.29, 0.717) is 5.56 Å². The molecule has 2 N–H and O–H groups in total. The second-order valence-corrected chi connectivity index (χ2v) is 4.95. The lowest BCUT2D eigenvalue weighted by Gasteiger charge is -2.12. The fourth-order valence-corrected chi connectivity index (χ4v) is 2.11. The molecule has 0 unspecified atom stereocenters. The van der Waals surface area contributed by atoms with Gasteiger partial charge in [-0.15, -0.1) is 0 Å². The highest BCUT2D eigenvalue weighted by Crippen LogP contribution is 2.17. The van der Waals surface area contributed by atoms with E-state index >= 15 is 0 Å². The van der Waals surface area contributed by atoms with Gasteiger partial charge < -0.3 is 15.0 Å². The van der Waals surface area contributed by atoms with Crippen molar-refractivity contribution in [1.82, 2.24) is 4.57 Å². The van der Waals surface area contributed by atoms with Gasteiger partial charge in [0.2, 0.25) is 0 Å². The number of nitrogens with two attached hydrogens (primary N) is 1. The molecular weight excluding hydrogens is 268 g/mol. The molecule has 0 fully saturated rings. The third-order valence-electron chi connectivity index (χ3n) is 3.32. The molecule has 2 aromatic rings. The van der Waals surface area contributed by atoms with E-state index in [9.17, 15) is 9.59 Å². The number of primary amides is 1. The summed E-state index contributed by atoms with van der Waals surface area (Å²) in [6, 6.07) is 11.1. The van der Waals surface area contributed by atoms with Gasteiger partial charge in [0.15, 0.2) is 6.10 Å². The molecule has 5 nitrogen and oxygen atoms in total. The van der Waals surface area contributed by atoms with Gasteiger partial charge in [-0.3, -0.25) is 4.79 Å². The number of hydrogen-bond donors (Lipinski definition) is 1. The monoisotopic (exact) mass is 286 g/mol. The van der Waals surface area contributed by atoms with Crippen LogP contribution in [0.1, 0.15) is 28.7 Å². The molecule has 5 heteroatoms. The number of hydrogen-bond acceptors (Lipinski definition) is 3. The number of rotatable bonds is 4. The number of carbonyl (C=O) groups excluding carboxylic acids is 2. The minimum atomic E-state index is -0.939. The molecule has 1 atom stereocenters. The highest BCUT2D eigenvalue weighted by atomic mass is 16.5. The number of ether oxygens (including phenoxy) is 1. The maximum absolute atomic E-state index is 11.9. The Balaban J connectivity index is 2.20. The van der Waals surface area contributed by atoms with Crippen LogP contribution in [0.4, 0.5) is 0 Å². The smallest absolute Gasteiger partial charge is 0.338 e. The molecule has 0 saturated heterocycles. The number of nitrogens with zero attached hydrogens (tertiary/aromatic N) is 1. The summed E-state index contributed by atoms with van der Waals surface area (Å²) < 4.78 is 7.04. The average Bonchev–Trinajstić information content (AvgIpc) is 2.78. The summed E-state index contributed by atoms with van der Waals surface area (Å²) >= 11 is 0. The van der Waals surface area contributed by atoms with Crippen molar-refractivity contribution in [2.75, 3.05) is 0 Å². The lowest BCUT2D eigenvalue weighted by atomic mass is 10.2. The highest BCUT2D eigenvalue weighted by molar-refractivity contribution is 5.92. The number of amides is 1. The molecule has 1 heterocycles. The number of esters is 1. The maximum atomic E-state index is 11.9. The molecule has 1 aromatic carbocycles. The Kier molecular flexibility index (Phi) is 4.12. The average molecular weight is 286 g/mol. The maximum Gasteiger partial charge on any atom is 0.338 e. The van der Waals surface area contributed by atoms with Crippen molar-refractivity contribution in [3.05, 3.63) is 53.3 Å². The molecule has 0 spiro atoms. The second kappa shape index (κ2) is 5.83. The zero-order valence-corrected chi connectivity index (χ0v) is 12.3. The van der Waals surface area contributed by atoms with Gasteiger partial charge in [0, 0.05) is 17.1 Å².